The molecule has 0 unspecified atom stereocenters. The van der Waals surface area contributed by atoms with Gasteiger partial charge in [-0.2, -0.15) is 0 Å². The third kappa shape index (κ3) is 4.27. The summed E-state index contributed by atoms with van der Waals surface area (Å²) in [4.78, 5) is 23.0. The Morgan fingerprint density at radius 3 is 2.73 bits per heavy atom. The molecule has 1 atom stereocenters. The van der Waals surface area contributed by atoms with Gasteiger partial charge in [0.15, 0.2) is 0 Å². The van der Waals surface area contributed by atoms with Crippen molar-refractivity contribution in [1.82, 2.24) is 19.9 Å². The zero-order valence-electron chi connectivity index (χ0n) is 15.0. The van der Waals surface area contributed by atoms with Crippen molar-refractivity contribution in [2.45, 2.75) is 26.1 Å². The molecule has 0 aliphatic rings. The third-order valence-corrected chi connectivity index (χ3v) is 4.30. The summed E-state index contributed by atoms with van der Waals surface area (Å²) in [5.74, 6) is 0.815. The second kappa shape index (κ2) is 8.29. The number of imidazole rings is 1. The summed E-state index contributed by atoms with van der Waals surface area (Å²) in [5, 5.41) is 2.99. The Morgan fingerprint density at radius 1 is 1.19 bits per heavy atom. The van der Waals surface area contributed by atoms with Gasteiger partial charge in [0.2, 0.25) is 5.91 Å². The maximum absolute atomic E-state index is 12.4. The van der Waals surface area contributed by atoms with Crippen LogP contribution in [0.25, 0.3) is 0 Å². The highest BCUT2D eigenvalue weighted by molar-refractivity contribution is 5.80. The number of benzene rings is 1. The second-order valence-corrected chi connectivity index (χ2v) is 6.23. The average molecular weight is 349 g/mol. The molecule has 0 spiro atoms. The van der Waals surface area contributed by atoms with Crippen molar-refractivity contribution in [3.8, 4) is 0 Å². The first-order chi connectivity index (χ1) is 12.6. The van der Waals surface area contributed by atoms with Crippen LogP contribution < -0.4 is 10.2 Å². The molecule has 134 valence electrons. The Bertz CT molecular complexity index is 832. The first-order valence-electron chi connectivity index (χ1n) is 8.59. The van der Waals surface area contributed by atoms with Crippen LogP contribution in [0.2, 0.25) is 0 Å². The van der Waals surface area contributed by atoms with Crippen LogP contribution in [0.3, 0.4) is 0 Å². The van der Waals surface area contributed by atoms with Gasteiger partial charge in [0.1, 0.15) is 11.9 Å². The molecule has 6 nitrogen and oxygen atoms in total. The van der Waals surface area contributed by atoms with E-state index in [1.165, 1.54) is 5.56 Å². The van der Waals surface area contributed by atoms with E-state index in [1.54, 1.807) is 29.5 Å². The Labute approximate surface area is 153 Å². The van der Waals surface area contributed by atoms with Gasteiger partial charge in [-0.25, -0.2) is 9.97 Å². The van der Waals surface area contributed by atoms with Crippen LogP contribution in [0, 0.1) is 0 Å². The minimum atomic E-state index is -0.306. The molecule has 2 aromatic heterocycles. The number of hydrogen-bond acceptors (Lipinski definition) is 4. The van der Waals surface area contributed by atoms with Gasteiger partial charge >= 0.3 is 0 Å². The summed E-state index contributed by atoms with van der Waals surface area (Å²) in [6.07, 6.45) is 6.87. The van der Waals surface area contributed by atoms with Crippen LogP contribution >= 0.6 is 0 Å². The fourth-order valence-electron chi connectivity index (χ4n) is 2.81. The maximum atomic E-state index is 12.4. The fourth-order valence-corrected chi connectivity index (χ4v) is 2.81. The molecular formula is C20H23N5O. The lowest BCUT2D eigenvalue weighted by Gasteiger charge is -2.22. The van der Waals surface area contributed by atoms with Crippen LogP contribution in [-0.4, -0.2) is 27.5 Å². The van der Waals surface area contributed by atoms with E-state index in [4.69, 9.17) is 0 Å². The highest BCUT2D eigenvalue weighted by Crippen LogP contribution is 2.18. The molecule has 6 heteroatoms. The molecule has 1 amide bonds. The predicted octanol–water partition coefficient (Wildman–Crippen LogP) is 2.79. The van der Waals surface area contributed by atoms with Crippen LogP contribution in [0.15, 0.2) is 67.4 Å². The van der Waals surface area contributed by atoms with Gasteiger partial charge in [-0.3, -0.25) is 4.79 Å². The molecule has 0 saturated carbocycles. The highest BCUT2D eigenvalue weighted by Gasteiger charge is 2.15. The summed E-state index contributed by atoms with van der Waals surface area (Å²) in [6, 6.07) is 13.8. The van der Waals surface area contributed by atoms with E-state index in [-0.39, 0.29) is 11.9 Å². The molecule has 26 heavy (non-hydrogen) atoms. The molecule has 0 radical (unpaired) electrons. The zero-order chi connectivity index (χ0) is 18.4. The van der Waals surface area contributed by atoms with Crippen molar-refractivity contribution >= 4 is 11.7 Å². The summed E-state index contributed by atoms with van der Waals surface area (Å²) < 4.78 is 1.78. The largest absolute Gasteiger partial charge is 0.355 e. The standard InChI is InChI=1S/C20H23N5O/c1-16(25-12-11-21-15-25)20(26)23-13-18-9-6-10-22-19(18)24(2)14-17-7-4-3-5-8-17/h3-12,15-16H,13-14H2,1-2H3,(H,23,26)/t16-/m1/s1. The molecule has 0 bridgehead atoms. The van der Waals surface area contributed by atoms with E-state index in [2.05, 4.69) is 32.3 Å². The number of hydrogen-bond donors (Lipinski definition) is 1. The Balaban J connectivity index is 1.66. The number of nitrogens with zero attached hydrogens (tertiary/aromatic N) is 4. The van der Waals surface area contributed by atoms with E-state index >= 15 is 0 Å². The van der Waals surface area contributed by atoms with Gasteiger partial charge in [-0.15, -0.1) is 0 Å². The summed E-state index contributed by atoms with van der Waals surface area (Å²) in [5.41, 5.74) is 2.20. The molecule has 1 aromatic carbocycles. The topological polar surface area (TPSA) is 63.1 Å². The second-order valence-electron chi connectivity index (χ2n) is 6.23. The minimum Gasteiger partial charge on any atom is -0.355 e. The SMILES string of the molecule is C[C@H](C(=O)NCc1cccnc1N(C)Cc1ccccc1)n1ccnc1. The number of pyridine rings is 1. The third-order valence-electron chi connectivity index (χ3n) is 4.30. The van der Waals surface area contributed by atoms with Crippen LogP contribution in [-0.2, 0) is 17.9 Å². The lowest BCUT2D eigenvalue weighted by molar-refractivity contribution is -0.124. The Morgan fingerprint density at radius 2 is 2.00 bits per heavy atom. The first kappa shape index (κ1) is 17.7. The van der Waals surface area contributed by atoms with Crippen molar-refractivity contribution in [2.24, 2.45) is 0 Å². The molecule has 0 aliphatic heterocycles. The van der Waals surface area contributed by atoms with E-state index in [0.29, 0.717) is 6.54 Å². The van der Waals surface area contributed by atoms with Gasteiger partial charge in [0.05, 0.1) is 6.33 Å². The van der Waals surface area contributed by atoms with Crippen LogP contribution in [0.4, 0.5) is 5.82 Å². The van der Waals surface area contributed by atoms with Crippen molar-refractivity contribution in [2.75, 3.05) is 11.9 Å². The minimum absolute atomic E-state index is 0.0523. The summed E-state index contributed by atoms with van der Waals surface area (Å²) in [7, 11) is 2.01. The van der Waals surface area contributed by atoms with Crippen molar-refractivity contribution in [3.05, 3.63) is 78.5 Å². The molecule has 3 rings (SSSR count). The molecule has 0 aliphatic carbocycles. The van der Waals surface area contributed by atoms with Crippen LogP contribution in [0.5, 0.6) is 0 Å². The van der Waals surface area contributed by atoms with E-state index in [1.807, 2.05) is 44.3 Å². The molecular weight excluding hydrogens is 326 g/mol. The molecule has 2 heterocycles. The van der Waals surface area contributed by atoms with Gasteiger partial charge in [0.25, 0.3) is 0 Å². The highest BCUT2D eigenvalue weighted by atomic mass is 16.2. The number of carbonyl (C=O) groups excluding carboxylic acids is 1. The van der Waals surface area contributed by atoms with E-state index < -0.39 is 0 Å². The van der Waals surface area contributed by atoms with Crippen molar-refractivity contribution in [1.29, 1.82) is 0 Å². The van der Waals surface area contributed by atoms with Crippen molar-refractivity contribution < 1.29 is 4.79 Å². The van der Waals surface area contributed by atoms with Gasteiger partial charge in [-0.05, 0) is 18.6 Å². The number of carbonyl (C=O) groups is 1. The monoisotopic (exact) mass is 349 g/mol. The Kier molecular flexibility index (Phi) is 5.63. The smallest absolute Gasteiger partial charge is 0.243 e. The quantitative estimate of drug-likeness (QED) is 0.712. The van der Waals surface area contributed by atoms with E-state index in [9.17, 15) is 4.79 Å². The zero-order valence-corrected chi connectivity index (χ0v) is 15.0. The average Bonchev–Trinajstić information content (AvgIpc) is 3.21. The molecule has 0 fully saturated rings. The lowest BCUT2D eigenvalue weighted by atomic mass is 10.2. The summed E-state index contributed by atoms with van der Waals surface area (Å²) in [6.45, 7) is 3.03. The van der Waals surface area contributed by atoms with Gasteiger partial charge in [-0.1, -0.05) is 36.4 Å². The number of nitrogens with one attached hydrogen (secondary N) is 1. The fraction of sp³-hybridized carbons (Fsp3) is 0.250. The summed E-state index contributed by atoms with van der Waals surface area (Å²) >= 11 is 0. The number of anilines is 1. The Hall–Kier alpha value is -3.15. The normalized spacial score (nSPS) is 11.8. The number of aromatic nitrogens is 3. The number of amides is 1. The lowest BCUT2D eigenvalue weighted by Crippen LogP contribution is -2.31. The molecule has 1 N–H and O–H groups in total. The van der Waals surface area contributed by atoms with E-state index in [0.717, 1.165) is 17.9 Å². The predicted molar refractivity (Wildman–Crippen MR) is 102 cm³/mol. The first-order valence-corrected chi connectivity index (χ1v) is 8.59. The van der Waals surface area contributed by atoms with Crippen LogP contribution in [0.1, 0.15) is 24.1 Å². The van der Waals surface area contributed by atoms with Crippen molar-refractivity contribution in [3.63, 3.8) is 0 Å². The molecule has 3 aromatic rings. The van der Waals surface area contributed by atoms with Gasteiger partial charge in [0, 0.05) is 44.3 Å². The number of rotatable bonds is 7. The molecule has 0 saturated heterocycles. The van der Waals surface area contributed by atoms with Gasteiger partial charge < -0.3 is 14.8 Å². The maximum Gasteiger partial charge on any atom is 0.243 e.